The van der Waals surface area contributed by atoms with Gasteiger partial charge in [0, 0.05) is 88.6 Å². The van der Waals surface area contributed by atoms with Crippen molar-refractivity contribution in [2.45, 2.75) is 19.3 Å². The number of benzene rings is 9. The number of rotatable bonds is 3. The van der Waals surface area contributed by atoms with E-state index in [0.717, 1.165) is 32.5 Å². The van der Waals surface area contributed by atoms with Crippen molar-refractivity contribution in [2.75, 3.05) is 0 Å². The molecule has 0 bridgehead atoms. The van der Waals surface area contributed by atoms with E-state index in [9.17, 15) is 0 Å². The quantitative estimate of drug-likeness (QED) is 0.165. The van der Waals surface area contributed by atoms with Crippen LogP contribution >= 0.6 is 45.6 Å². The van der Waals surface area contributed by atoms with Gasteiger partial charge in [0.1, 0.15) is 0 Å². The van der Waals surface area contributed by atoms with E-state index in [1.807, 2.05) is 22.7 Å². The van der Waals surface area contributed by atoms with Crippen LogP contribution in [0.25, 0.3) is 132 Å². The number of hydrogen-bond donors (Lipinski definition) is 0. The summed E-state index contributed by atoms with van der Waals surface area (Å²) in [5, 5.41) is 11.6. The van der Waals surface area contributed by atoms with Crippen LogP contribution in [0.2, 0.25) is 5.28 Å². The average Bonchev–Trinajstić information content (AvgIpc) is 4.15. The predicted molar refractivity (Wildman–Crippen MR) is 286 cm³/mol. The Bertz CT molecular complexity index is 4470. The first kappa shape index (κ1) is 37.3. The first-order chi connectivity index (χ1) is 32.4. The van der Waals surface area contributed by atoms with Crippen molar-refractivity contribution in [3.63, 3.8) is 0 Å². The van der Waals surface area contributed by atoms with Gasteiger partial charge >= 0.3 is 0 Å². The van der Waals surface area contributed by atoms with Gasteiger partial charge in [-0.1, -0.05) is 135 Å². The molecule has 3 nitrogen and oxygen atoms in total. The summed E-state index contributed by atoms with van der Waals surface area (Å²) in [5.41, 5.74) is 14.3. The van der Waals surface area contributed by atoms with Crippen LogP contribution in [0, 0.1) is 0 Å². The summed E-state index contributed by atoms with van der Waals surface area (Å²) in [6, 6.07) is 63.3. The maximum absolute atomic E-state index is 6.61. The Morgan fingerprint density at radius 2 is 1.11 bits per heavy atom. The first-order valence-corrected chi connectivity index (χ1v) is 25.1. The summed E-state index contributed by atoms with van der Waals surface area (Å²) in [7, 11) is 0. The van der Waals surface area contributed by atoms with E-state index in [4.69, 9.17) is 16.6 Å². The Kier molecular flexibility index (Phi) is 7.54. The third-order valence-electron chi connectivity index (χ3n) is 14.3. The molecule has 15 rings (SSSR count). The Morgan fingerprint density at radius 1 is 0.455 bits per heavy atom. The Morgan fingerprint density at radius 3 is 1.98 bits per heavy atom. The van der Waals surface area contributed by atoms with Crippen LogP contribution in [0.5, 0.6) is 0 Å². The van der Waals surface area contributed by atoms with Crippen LogP contribution in [0.1, 0.15) is 25.0 Å². The molecule has 7 heteroatoms. The molecule has 1 aliphatic rings. The number of halogens is 1. The molecule has 310 valence electrons. The van der Waals surface area contributed by atoms with Crippen molar-refractivity contribution in [2.24, 2.45) is 0 Å². The summed E-state index contributed by atoms with van der Waals surface area (Å²) in [4.78, 5) is 9.49. The smallest absolute Gasteiger partial charge is 0.223 e. The molecular weight excluding hydrogens is 882 g/mol. The Balaban J connectivity index is 0.952. The van der Waals surface area contributed by atoms with Gasteiger partial charge < -0.3 is 4.57 Å². The molecule has 0 amide bonds. The maximum Gasteiger partial charge on any atom is 0.223 e. The molecule has 0 aliphatic heterocycles. The maximum atomic E-state index is 6.61. The predicted octanol–water partition coefficient (Wildman–Crippen LogP) is 18.1. The first-order valence-electron chi connectivity index (χ1n) is 22.2. The molecule has 9 aromatic carbocycles. The lowest BCUT2D eigenvalue weighted by molar-refractivity contribution is 0.660. The van der Waals surface area contributed by atoms with Gasteiger partial charge in [0.2, 0.25) is 5.28 Å². The molecular formula is C59H34ClN3S3. The SMILES string of the molecule is CC1(C)c2ccccc2-c2ccc(-c3ccc4c(c3)c3sc5ccccc5c3c3c5ccccc5n(-c5ccc6c(c5)sc5cc(-c7nc(Cl)nc8c7sc7ccccc78)ccc56)c43)cc21. The average molecular weight is 917 g/mol. The molecule has 0 saturated carbocycles. The highest BCUT2D eigenvalue weighted by molar-refractivity contribution is 7.27. The van der Waals surface area contributed by atoms with E-state index in [1.54, 1.807) is 11.3 Å². The van der Waals surface area contributed by atoms with Gasteiger partial charge in [-0.05, 0) is 93.5 Å². The van der Waals surface area contributed by atoms with Crippen LogP contribution in [-0.2, 0) is 5.41 Å². The summed E-state index contributed by atoms with van der Waals surface area (Å²) in [5.74, 6) is 0. The van der Waals surface area contributed by atoms with Gasteiger partial charge in [-0.2, -0.15) is 0 Å². The fraction of sp³-hybridized carbons (Fsp3) is 0.0508. The summed E-state index contributed by atoms with van der Waals surface area (Å²) in [6.07, 6.45) is 0. The second kappa shape index (κ2) is 13.3. The molecule has 5 aromatic heterocycles. The van der Waals surface area contributed by atoms with Crippen molar-refractivity contribution in [3.8, 4) is 39.2 Å². The van der Waals surface area contributed by atoms with Crippen molar-refractivity contribution in [1.82, 2.24) is 14.5 Å². The molecule has 0 atom stereocenters. The van der Waals surface area contributed by atoms with Crippen LogP contribution in [0.3, 0.4) is 0 Å². The topological polar surface area (TPSA) is 30.7 Å². The zero-order valence-corrected chi connectivity index (χ0v) is 38.8. The molecule has 0 spiro atoms. The lowest BCUT2D eigenvalue weighted by atomic mass is 9.81. The monoisotopic (exact) mass is 915 g/mol. The highest BCUT2D eigenvalue weighted by atomic mass is 35.5. The van der Waals surface area contributed by atoms with Gasteiger partial charge in [0.05, 0.1) is 26.9 Å². The highest BCUT2D eigenvalue weighted by Crippen LogP contribution is 2.52. The van der Waals surface area contributed by atoms with Gasteiger partial charge in [0.15, 0.2) is 0 Å². The van der Waals surface area contributed by atoms with Gasteiger partial charge in [-0.3, -0.25) is 0 Å². The Hall–Kier alpha value is -6.93. The number of hydrogen-bond acceptors (Lipinski definition) is 5. The lowest BCUT2D eigenvalue weighted by Crippen LogP contribution is -2.14. The van der Waals surface area contributed by atoms with Gasteiger partial charge in [-0.15, -0.1) is 34.0 Å². The molecule has 1 aliphatic carbocycles. The van der Waals surface area contributed by atoms with Crippen molar-refractivity contribution < 1.29 is 0 Å². The second-order valence-electron chi connectivity index (χ2n) is 18.2. The normalized spacial score (nSPS) is 13.5. The standard InChI is InChI=1S/C59H34ClN3S3/c1-59(2)44-15-7-3-11-35(44)36-23-19-32(28-45(36)59)31-20-25-39-43(27-31)56-52(41-13-5-9-17-47(41)65-56)51-40-12-4-8-16-46(40)63(55(39)51)34-22-26-38-37-24-21-33(29-49(37)64-50(38)30-34)53-57-54(62-58(60)61-53)42-14-6-10-18-48(42)66-57/h3-30H,1-2H3. The minimum Gasteiger partial charge on any atom is -0.309 e. The number of thiophene rings is 3. The van der Waals surface area contributed by atoms with E-state index in [0.29, 0.717) is 0 Å². The molecule has 66 heavy (non-hydrogen) atoms. The van der Waals surface area contributed by atoms with E-state index < -0.39 is 0 Å². The van der Waals surface area contributed by atoms with E-state index in [-0.39, 0.29) is 10.7 Å². The molecule has 14 aromatic rings. The molecule has 0 unspecified atom stereocenters. The Labute approximate surface area is 395 Å². The molecule has 0 fully saturated rings. The molecule has 0 saturated heterocycles. The fourth-order valence-corrected chi connectivity index (χ4v) is 15.1. The molecule has 0 radical (unpaired) electrons. The van der Waals surface area contributed by atoms with E-state index >= 15 is 0 Å². The molecule has 0 N–H and O–H groups in total. The summed E-state index contributed by atoms with van der Waals surface area (Å²) >= 11 is 12.1. The van der Waals surface area contributed by atoms with Crippen LogP contribution in [0.15, 0.2) is 170 Å². The van der Waals surface area contributed by atoms with Crippen molar-refractivity contribution in [3.05, 3.63) is 186 Å². The van der Waals surface area contributed by atoms with E-state index in [2.05, 4.69) is 193 Å². The number of nitrogens with zero attached hydrogens (tertiary/aromatic N) is 3. The minimum atomic E-state index is -0.0695. The van der Waals surface area contributed by atoms with Gasteiger partial charge in [0.25, 0.3) is 0 Å². The van der Waals surface area contributed by atoms with Crippen LogP contribution in [-0.4, -0.2) is 14.5 Å². The lowest BCUT2D eigenvalue weighted by Gasteiger charge is -2.22. The number of aromatic nitrogens is 3. The third kappa shape index (κ3) is 5.02. The summed E-state index contributed by atoms with van der Waals surface area (Å²) < 4.78 is 9.88. The second-order valence-corrected chi connectivity index (χ2v) is 21.7. The zero-order valence-electron chi connectivity index (χ0n) is 35.6. The van der Waals surface area contributed by atoms with Gasteiger partial charge in [-0.25, -0.2) is 9.97 Å². The summed E-state index contributed by atoms with van der Waals surface area (Å²) in [6.45, 7) is 4.73. The minimum absolute atomic E-state index is 0.0695. The van der Waals surface area contributed by atoms with Crippen LogP contribution < -0.4 is 0 Å². The third-order valence-corrected chi connectivity index (χ3v) is 18.0. The number of fused-ring (bicyclic) bond motifs is 19. The largest absolute Gasteiger partial charge is 0.309 e. The van der Waals surface area contributed by atoms with Crippen molar-refractivity contribution >= 4 is 139 Å². The zero-order chi connectivity index (χ0) is 43.6. The highest BCUT2D eigenvalue weighted by Gasteiger charge is 2.35. The fourth-order valence-electron chi connectivity index (χ4n) is 11.3. The van der Waals surface area contributed by atoms with Crippen LogP contribution in [0.4, 0.5) is 0 Å². The van der Waals surface area contributed by atoms with Crippen molar-refractivity contribution in [1.29, 1.82) is 0 Å². The van der Waals surface area contributed by atoms with E-state index in [1.165, 1.54) is 111 Å². The number of para-hydroxylation sites is 1. The molecule has 5 heterocycles.